The van der Waals surface area contributed by atoms with Crippen molar-refractivity contribution < 1.29 is 4.74 Å². The summed E-state index contributed by atoms with van der Waals surface area (Å²) in [7, 11) is 1.70. The van der Waals surface area contributed by atoms with Gasteiger partial charge in [0.2, 0.25) is 0 Å². The first kappa shape index (κ1) is 12.7. The maximum absolute atomic E-state index is 5.24. The van der Waals surface area contributed by atoms with Crippen LogP contribution in [0.3, 0.4) is 0 Å². The van der Waals surface area contributed by atoms with Crippen molar-refractivity contribution in [2.45, 2.75) is 19.5 Å². The van der Waals surface area contributed by atoms with Crippen molar-refractivity contribution in [1.29, 1.82) is 0 Å². The van der Waals surface area contributed by atoms with E-state index in [9.17, 15) is 0 Å². The van der Waals surface area contributed by atoms with E-state index in [1.165, 1.54) is 11.1 Å². The predicted molar refractivity (Wildman–Crippen MR) is 74.7 cm³/mol. The summed E-state index contributed by atoms with van der Waals surface area (Å²) in [5.41, 5.74) is 2.54. The van der Waals surface area contributed by atoms with Gasteiger partial charge in [0, 0.05) is 12.6 Å². The van der Waals surface area contributed by atoms with Gasteiger partial charge in [0.25, 0.3) is 0 Å². The molecule has 0 saturated carbocycles. The summed E-state index contributed by atoms with van der Waals surface area (Å²) in [4.78, 5) is 0. The Morgan fingerprint density at radius 3 is 2.56 bits per heavy atom. The zero-order chi connectivity index (χ0) is 12.8. The molecule has 0 radical (unpaired) electrons. The molecule has 0 aliphatic heterocycles. The summed E-state index contributed by atoms with van der Waals surface area (Å²) in [5, 5.41) is 3.51. The van der Waals surface area contributed by atoms with Gasteiger partial charge in [-0.2, -0.15) is 0 Å². The first-order chi connectivity index (χ1) is 8.79. The van der Waals surface area contributed by atoms with Crippen LogP contribution in [0.15, 0.2) is 54.6 Å². The maximum atomic E-state index is 5.24. The summed E-state index contributed by atoms with van der Waals surface area (Å²) in [6, 6.07) is 18.9. The highest BCUT2D eigenvalue weighted by atomic mass is 16.5. The van der Waals surface area contributed by atoms with Crippen LogP contribution in [0.5, 0.6) is 5.75 Å². The normalized spacial score (nSPS) is 12.1. The Bertz CT molecular complexity index is 481. The summed E-state index contributed by atoms with van der Waals surface area (Å²) in [6.07, 6.45) is 0. The van der Waals surface area contributed by atoms with Crippen molar-refractivity contribution in [3.63, 3.8) is 0 Å². The fourth-order valence-corrected chi connectivity index (χ4v) is 1.90. The number of nitrogens with one attached hydrogen (secondary N) is 1. The molecule has 2 rings (SSSR count). The van der Waals surface area contributed by atoms with E-state index < -0.39 is 0 Å². The molecular formula is C16H19NO. The van der Waals surface area contributed by atoms with E-state index in [2.05, 4.69) is 48.6 Å². The van der Waals surface area contributed by atoms with Crippen LogP contribution in [0.4, 0.5) is 0 Å². The van der Waals surface area contributed by atoms with E-state index in [0.717, 1.165) is 12.3 Å². The highest BCUT2D eigenvalue weighted by Crippen LogP contribution is 2.19. The highest BCUT2D eigenvalue weighted by Gasteiger charge is 2.05. The lowest BCUT2D eigenvalue weighted by Crippen LogP contribution is -2.17. The summed E-state index contributed by atoms with van der Waals surface area (Å²) < 4.78 is 5.24. The van der Waals surface area contributed by atoms with Gasteiger partial charge < -0.3 is 10.1 Å². The maximum Gasteiger partial charge on any atom is 0.119 e. The average Bonchev–Trinajstić information content (AvgIpc) is 2.46. The number of hydrogen-bond donors (Lipinski definition) is 1. The Kier molecular flexibility index (Phi) is 4.37. The molecule has 2 heteroatoms. The minimum atomic E-state index is 0.306. The van der Waals surface area contributed by atoms with Crippen LogP contribution in [0.25, 0.3) is 0 Å². The molecule has 0 aliphatic carbocycles. The molecule has 0 aliphatic rings. The number of rotatable bonds is 5. The first-order valence-corrected chi connectivity index (χ1v) is 6.21. The zero-order valence-corrected chi connectivity index (χ0v) is 10.9. The lowest BCUT2D eigenvalue weighted by molar-refractivity contribution is 0.413. The molecule has 1 N–H and O–H groups in total. The van der Waals surface area contributed by atoms with Gasteiger partial charge in [-0.15, -0.1) is 0 Å². The smallest absolute Gasteiger partial charge is 0.119 e. The van der Waals surface area contributed by atoms with Crippen molar-refractivity contribution >= 4 is 0 Å². The third-order valence-electron chi connectivity index (χ3n) is 3.05. The largest absolute Gasteiger partial charge is 0.497 e. The molecule has 2 aromatic carbocycles. The first-order valence-electron chi connectivity index (χ1n) is 6.21. The second-order valence-corrected chi connectivity index (χ2v) is 4.36. The van der Waals surface area contributed by atoms with E-state index in [1.807, 2.05) is 18.2 Å². The fourth-order valence-electron chi connectivity index (χ4n) is 1.90. The number of hydrogen-bond acceptors (Lipinski definition) is 2. The van der Waals surface area contributed by atoms with Gasteiger partial charge in [-0.05, 0) is 30.2 Å². The molecule has 0 heterocycles. The van der Waals surface area contributed by atoms with Crippen LogP contribution >= 0.6 is 0 Å². The van der Waals surface area contributed by atoms with Crippen molar-refractivity contribution in [2.24, 2.45) is 0 Å². The topological polar surface area (TPSA) is 21.3 Å². The van der Waals surface area contributed by atoms with Gasteiger partial charge in [0.15, 0.2) is 0 Å². The van der Waals surface area contributed by atoms with E-state index in [-0.39, 0.29) is 0 Å². The van der Waals surface area contributed by atoms with Gasteiger partial charge in [-0.25, -0.2) is 0 Å². The second kappa shape index (κ2) is 6.22. The van der Waals surface area contributed by atoms with E-state index in [4.69, 9.17) is 4.74 Å². The minimum absolute atomic E-state index is 0.306. The lowest BCUT2D eigenvalue weighted by Gasteiger charge is -2.15. The quantitative estimate of drug-likeness (QED) is 0.864. The number of ether oxygens (including phenoxy) is 1. The van der Waals surface area contributed by atoms with Crippen LogP contribution in [0.2, 0.25) is 0 Å². The van der Waals surface area contributed by atoms with Crippen molar-refractivity contribution in [1.82, 2.24) is 5.32 Å². The van der Waals surface area contributed by atoms with E-state index >= 15 is 0 Å². The average molecular weight is 241 g/mol. The Labute approximate surface area is 109 Å². The standard InChI is InChI=1S/C16H19NO/c1-13(15-9-6-10-16(11-15)18-2)17-12-14-7-4-3-5-8-14/h3-11,13,17H,12H2,1-2H3/t13-/m0/s1. The molecule has 2 nitrogen and oxygen atoms in total. The number of methoxy groups -OCH3 is 1. The Balaban J connectivity index is 1.97. The highest BCUT2D eigenvalue weighted by molar-refractivity contribution is 5.30. The van der Waals surface area contributed by atoms with Gasteiger partial charge in [0.1, 0.15) is 5.75 Å². The fraction of sp³-hybridized carbons (Fsp3) is 0.250. The second-order valence-electron chi connectivity index (χ2n) is 4.36. The SMILES string of the molecule is COc1cccc([C@H](C)NCc2ccccc2)c1. The van der Waals surface area contributed by atoms with Crippen LogP contribution in [0, 0.1) is 0 Å². The molecule has 94 valence electrons. The Morgan fingerprint density at radius 2 is 1.83 bits per heavy atom. The lowest BCUT2D eigenvalue weighted by atomic mass is 10.1. The molecule has 1 atom stereocenters. The van der Waals surface area contributed by atoms with Crippen LogP contribution < -0.4 is 10.1 Å². The third-order valence-corrected chi connectivity index (χ3v) is 3.05. The summed E-state index contributed by atoms with van der Waals surface area (Å²) in [6.45, 7) is 3.04. The van der Waals surface area contributed by atoms with E-state index in [0.29, 0.717) is 6.04 Å². The monoisotopic (exact) mass is 241 g/mol. The molecule has 0 spiro atoms. The molecule has 0 fully saturated rings. The molecule has 18 heavy (non-hydrogen) atoms. The van der Waals surface area contributed by atoms with E-state index in [1.54, 1.807) is 7.11 Å². The minimum Gasteiger partial charge on any atom is -0.497 e. The zero-order valence-electron chi connectivity index (χ0n) is 10.9. The molecule has 0 unspecified atom stereocenters. The molecule has 0 saturated heterocycles. The molecule has 2 aromatic rings. The van der Waals surface area contributed by atoms with Gasteiger partial charge >= 0.3 is 0 Å². The van der Waals surface area contributed by atoms with Crippen molar-refractivity contribution in [2.75, 3.05) is 7.11 Å². The van der Waals surface area contributed by atoms with Crippen LogP contribution in [-0.4, -0.2) is 7.11 Å². The Hall–Kier alpha value is -1.80. The van der Waals surface area contributed by atoms with Gasteiger partial charge in [-0.3, -0.25) is 0 Å². The summed E-state index contributed by atoms with van der Waals surface area (Å²) in [5.74, 6) is 0.904. The third kappa shape index (κ3) is 3.34. The van der Waals surface area contributed by atoms with Crippen LogP contribution in [0.1, 0.15) is 24.1 Å². The van der Waals surface area contributed by atoms with Crippen molar-refractivity contribution in [3.8, 4) is 5.75 Å². The predicted octanol–water partition coefficient (Wildman–Crippen LogP) is 3.55. The van der Waals surface area contributed by atoms with Crippen LogP contribution in [-0.2, 0) is 6.54 Å². The number of benzene rings is 2. The summed E-state index contributed by atoms with van der Waals surface area (Å²) >= 11 is 0. The van der Waals surface area contributed by atoms with Crippen molar-refractivity contribution in [3.05, 3.63) is 65.7 Å². The molecule has 0 bridgehead atoms. The van der Waals surface area contributed by atoms with Gasteiger partial charge in [-0.1, -0.05) is 42.5 Å². The molecular weight excluding hydrogens is 222 g/mol. The Morgan fingerprint density at radius 1 is 1.06 bits per heavy atom. The van der Waals surface area contributed by atoms with Gasteiger partial charge in [0.05, 0.1) is 7.11 Å². The molecule has 0 amide bonds. The molecule has 0 aromatic heterocycles.